The number of nitrogens with two attached hydrogens (primary N) is 1. The molecule has 1 atom stereocenters. The number of benzene rings is 1. The smallest absolute Gasteiger partial charge is 0.248 e. The standard InChI is InChI=1S/C13H12Cl2N4O2/c14-7-3-9-10(4-8(7)15)18-12(5-17-9)19-1-2-21-11(6-19)13(16)20/h3-5,11H,1-2,6H2,(H2,16,20)/t11-/m0/s1. The van der Waals surface area contributed by atoms with Gasteiger partial charge in [-0.05, 0) is 12.1 Å². The van der Waals surface area contributed by atoms with Crippen LogP contribution in [0.1, 0.15) is 0 Å². The molecular weight excluding hydrogens is 315 g/mol. The first-order chi connectivity index (χ1) is 10.0. The van der Waals surface area contributed by atoms with Crippen LogP contribution in [0.3, 0.4) is 0 Å². The summed E-state index contributed by atoms with van der Waals surface area (Å²) in [4.78, 5) is 22.0. The van der Waals surface area contributed by atoms with Crippen LogP contribution >= 0.6 is 23.2 Å². The summed E-state index contributed by atoms with van der Waals surface area (Å²) < 4.78 is 5.31. The highest BCUT2D eigenvalue weighted by atomic mass is 35.5. The van der Waals surface area contributed by atoms with Crippen LogP contribution < -0.4 is 10.6 Å². The van der Waals surface area contributed by atoms with Crippen molar-refractivity contribution in [2.45, 2.75) is 6.10 Å². The number of ether oxygens (including phenoxy) is 1. The predicted molar refractivity (Wildman–Crippen MR) is 80.7 cm³/mol. The Morgan fingerprint density at radius 3 is 2.76 bits per heavy atom. The van der Waals surface area contributed by atoms with E-state index in [0.717, 1.165) is 0 Å². The highest BCUT2D eigenvalue weighted by Crippen LogP contribution is 2.27. The second kappa shape index (κ2) is 5.63. The molecule has 8 heteroatoms. The van der Waals surface area contributed by atoms with Crippen LogP contribution in [0.15, 0.2) is 18.3 Å². The number of primary amides is 1. The van der Waals surface area contributed by atoms with Crippen molar-refractivity contribution >= 4 is 46.0 Å². The lowest BCUT2D eigenvalue weighted by atomic mass is 10.2. The lowest BCUT2D eigenvalue weighted by Gasteiger charge is -2.32. The summed E-state index contributed by atoms with van der Waals surface area (Å²) in [5.41, 5.74) is 6.58. The van der Waals surface area contributed by atoms with E-state index in [4.69, 9.17) is 33.7 Å². The quantitative estimate of drug-likeness (QED) is 0.907. The Labute approximate surface area is 130 Å². The van der Waals surface area contributed by atoms with Crippen LogP contribution in [-0.2, 0) is 9.53 Å². The highest BCUT2D eigenvalue weighted by Gasteiger charge is 2.25. The van der Waals surface area contributed by atoms with E-state index >= 15 is 0 Å². The molecule has 0 bridgehead atoms. The molecule has 0 aliphatic carbocycles. The summed E-state index contributed by atoms with van der Waals surface area (Å²) in [6.45, 7) is 1.39. The monoisotopic (exact) mass is 326 g/mol. The molecule has 0 spiro atoms. The Morgan fingerprint density at radius 1 is 1.33 bits per heavy atom. The first-order valence-corrected chi connectivity index (χ1v) is 7.08. The number of nitrogens with zero attached hydrogens (tertiary/aromatic N) is 3. The van der Waals surface area contributed by atoms with Crippen molar-refractivity contribution < 1.29 is 9.53 Å². The number of fused-ring (bicyclic) bond motifs is 1. The molecule has 0 unspecified atom stereocenters. The van der Waals surface area contributed by atoms with Crippen LogP contribution in [-0.4, -0.2) is 41.7 Å². The third-order valence-electron chi connectivity index (χ3n) is 3.28. The number of carbonyl (C=O) groups excluding carboxylic acids is 1. The van der Waals surface area contributed by atoms with Gasteiger partial charge in [-0.1, -0.05) is 23.2 Å². The van der Waals surface area contributed by atoms with E-state index < -0.39 is 12.0 Å². The average Bonchev–Trinajstić information content (AvgIpc) is 2.48. The number of morpholine rings is 1. The van der Waals surface area contributed by atoms with Crippen molar-refractivity contribution in [1.82, 2.24) is 9.97 Å². The van der Waals surface area contributed by atoms with E-state index in [1.807, 2.05) is 4.90 Å². The van der Waals surface area contributed by atoms with Gasteiger partial charge in [0.1, 0.15) is 5.82 Å². The molecule has 2 heterocycles. The Bertz CT molecular complexity index is 710. The van der Waals surface area contributed by atoms with E-state index in [0.29, 0.717) is 46.6 Å². The molecule has 2 N–H and O–H groups in total. The second-order valence-corrected chi connectivity index (χ2v) is 5.51. The van der Waals surface area contributed by atoms with Crippen LogP contribution in [0.25, 0.3) is 11.0 Å². The minimum absolute atomic E-state index is 0.358. The van der Waals surface area contributed by atoms with Crippen LogP contribution in [0.5, 0.6) is 0 Å². The van der Waals surface area contributed by atoms with Gasteiger partial charge in [0, 0.05) is 6.54 Å². The van der Waals surface area contributed by atoms with Crippen molar-refractivity contribution in [2.75, 3.05) is 24.6 Å². The molecule has 21 heavy (non-hydrogen) atoms. The van der Waals surface area contributed by atoms with Gasteiger partial charge in [-0.3, -0.25) is 9.78 Å². The zero-order chi connectivity index (χ0) is 15.0. The molecule has 6 nitrogen and oxygen atoms in total. The first kappa shape index (κ1) is 14.3. The molecule has 2 aromatic rings. The van der Waals surface area contributed by atoms with Crippen molar-refractivity contribution in [3.63, 3.8) is 0 Å². The van der Waals surface area contributed by atoms with E-state index in [1.54, 1.807) is 18.3 Å². The SMILES string of the molecule is NC(=O)[C@@H]1CN(c2cnc3cc(Cl)c(Cl)cc3n2)CCO1. The van der Waals surface area contributed by atoms with Crippen molar-refractivity contribution in [3.05, 3.63) is 28.4 Å². The minimum Gasteiger partial charge on any atom is -0.367 e. The van der Waals surface area contributed by atoms with E-state index in [1.165, 1.54) is 0 Å². The number of aromatic nitrogens is 2. The predicted octanol–water partition coefficient (Wildman–Crippen LogP) is 1.63. The van der Waals surface area contributed by atoms with Gasteiger partial charge in [0.2, 0.25) is 5.91 Å². The number of carbonyl (C=O) groups is 1. The molecule has 1 aliphatic heterocycles. The highest BCUT2D eigenvalue weighted by molar-refractivity contribution is 6.42. The topological polar surface area (TPSA) is 81.3 Å². The molecule has 3 rings (SSSR count). The number of hydrogen-bond acceptors (Lipinski definition) is 5. The molecular formula is C13H12Cl2N4O2. The Morgan fingerprint density at radius 2 is 2.05 bits per heavy atom. The molecule has 1 aromatic carbocycles. The molecule has 0 saturated carbocycles. The van der Waals surface area contributed by atoms with Gasteiger partial charge >= 0.3 is 0 Å². The Balaban J connectivity index is 1.93. The lowest BCUT2D eigenvalue weighted by Crippen LogP contribution is -2.48. The minimum atomic E-state index is -0.634. The summed E-state index contributed by atoms with van der Waals surface area (Å²) in [5, 5.41) is 0.860. The maximum Gasteiger partial charge on any atom is 0.248 e. The maximum absolute atomic E-state index is 11.2. The first-order valence-electron chi connectivity index (χ1n) is 6.32. The van der Waals surface area contributed by atoms with Crippen LogP contribution in [0.2, 0.25) is 10.0 Å². The molecule has 0 radical (unpaired) electrons. The van der Waals surface area contributed by atoms with Gasteiger partial charge in [0.15, 0.2) is 6.10 Å². The van der Waals surface area contributed by atoms with Gasteiger partial charge in [0.05, 0.1) is 40.4 Å². The van der Waals surface area contributed by atoms with E-state index in [-0.39, 0.29) is 0 Å². The lowest BCUT2D eigenvalue weighted by molar-refractivity contribution is -0.130. The third-order valence-corrected chi connectivity index (χ3v) is 4.00. The largest absolute Gasteiger partial charge is 0.367 e. The van der Waals surface area contributed by atoms with Crippen molar-refractivity contribution in [2.24, 2.45) is 5.73 Å². The van der Waals surface area contributed by atoms with Gasteiger partial charge < -0.3 is 15.4 Å². The zero-order valence-electron chi connectivity index (χ0n) is 10.9. The zero-order valence-corrected chi connectivity index (χ0v) is 12.4. The molecule has 1 amide bonds. The second-order valence-electron chi connectivity index (χ2n) is 4.69. The number of halogens is 2. The van der Waals surface area contributed by atoms with E-state index in [9.17, 15) is 4.79 Å². The fraction of sp³-hybridized carbons (Fsp3) is 0.308. The third kappa shape index (κ3) is 2.88. The number of amides is 1. The van der Waals surface area contributed by atoms with Gasteiger partial charge in [-0.25, -0.2) is 4.98 Å². The molecule has 1 fully saturated rings. The van der Waals surface area contributed by atoms with Crippen molar-refractivity contribution in [1.29, 1.82) is 0 Å². The Hall–Kier alpha value is -1.63. The number of hydrogen-bond donors (Lipinski definition) is 1. The molecule has 1 saturated heterocycles. The average molecular weight is 327 g/mol. The number of rotatable bonds is 2. The molecule has 1 aliphatic rings. The van der Waals surface area contributed by atoms with Gasteiger partial charge in [0.25, 0.3) is 0 Å². The summed E-state index contributed by atoms with van der Waals surface area (Å²) in [7, 11) is 0. The maximum atomic E-state index is 11.2. The fourth-order valence-electron chi connectivity index (χ4n) is 2.18. The number of anilines is 1. The van der Waals surface area contributed by atoms with Gasteiger partial charge in [-0.2, -0.15) is 0 Å². The van der Waals surface area contributed by atoms with Crippen molar-refractivity contribution in [3.8, 4) is 0 Å². The fourth-order valence-corrected chi connectivity index (χ4v) is 2.50. The Kier molecular flexibility index (Phi) is 3.84. The van der Waals surface area contributed by atoms with E-state index in [2.05, 4.69) is 9.97 Å². The van der Waals surface area contributed by atoms with Gasteiger partial charge in [-0.15, -0.1) is 0 Å². The molecule has 1 aromatic heterocycles. The van der Waals surface area contributed by atoms with Crippen LogP contribution in [0, 0.1) is 0 Å². The summed E-state index contributed by atoms with van der Waals surface area (Å²) in [6, 6.07) is 3.34. The summed E-state index contributed by atoms with van der Waals surface area (Å²) in [6.07, 6.45) is 1.00. The molecule has 110 valence electrons. The van der Waals surface area contributed by atoms with Crippen LogP contribution in [0.4, 0.5) is 5.82 Å². The normalized spacial score (nSPS) is 19.0. The summed E-state index contributed by atoms with van der Waals surface area (Å²) in [5.74, 6) is 0.165. The summed E-state index contributed by atoms with van der Waals surface area (Å²) >= 11 is 11.9.